The van der Waals surface area contributed by atoms with Gasteiger partial charge >= 0.3 is 0 Å². The predicted molar refractivity (Wildman–Crippen MR) is 240 cm³/mol. The molecule has 2 rings (SSSR count). The van der Waals surface area contributed by atoms with E-state index in [0.717, 1.165) is 21.6 Å². The number of guanidine groups is 1. The summed E-state index contributed by atoms with van der Waals surface area (Å²) in [7, 11) is 2.20. The Labute approximate surface area is 374 Å². The van der Waals surface area contributed by atoms with E-state index in [-0.39, 0.29) is 81.5 Å². The van der Waals surface area contributed by atoms with Crippen LogP contribution in [0.5, 0.6) is 0 Å². The molecule has 0 saturated carbocycles. The largest absolute Gasteiger partial charge is 0.370 e. The monoisotopic (exact) mass is 931 g/mol. The van der Waals surface area contributed by atoms with Crippen LogP contribution in [0, 0.1) is 5.92 Å². The van der Waals surface area contributed by atoms with Crippen LogP contribution in [-0.2, 0) is 43.2 Å². The average molecular weight is 932 g/mol. The molecule has 2 saturated heterocycles. The Morgan fingerprint density at radius 3 is 2.06 bits per heavy atom. The quantitative estimate of drug-likeness (QED) is 0.0348. The molecule has 2 heterocycles. The van der Waals surface area contributed by atoms with Gasteiger partial charge in [0, 0.05) is 31.5 Å². The first kappa shape index (κ1) is 53.6. The highest BCUT2D eigenvalue weighted by molar-refractivity contribution is 8.76. The van der Waals surface area contributed by atoms with Gasteiger partial charge in [0.1, 0.15) is 42.3 Å². The number of thioether (sulfide) groups is 1. The van der Waals surface area contributed by atoms with Gasteiger partial charge in [-0.3, -0.25) is 48.1 Å². The molecule has 0 unspecified atom stereocenters. The highest BCUT2D eigenvalue weighted by Crippen LogP contribution is 2.24. The van der Waals surface area contributed by atoms with Crippen LogP contribution < -0.4 is 60.2 Å². The zero-order chi connectivity index (χ0) is 46.4. The number of hydrogen-bond donors (Lipinski definition) is 11. The Morgan fingerprint density at radius 1 is 0.823 bits per heavy atom. The Kier molecular flexibility index (Phi) is 24.4. The third-order valence-electron chi connectivity index (χ3n) is 9.66. The van der Waals surface area contributed by atoms with Gasteiger partial charge in [0.15, 0.2) is 5.96 Å². The molecule has 0 aliphatic carbocycles. The van der Waals surface area contributed by atoms with Crippen molar-refractivity contribution in [1.29, 1.82) is 0 Å². The second-order valence-corrected chi connectivity index (χ2v) is 18.8. The van der Waals surface area contributed by atoms with Crippen LogP contribution >= 0.6 is 33.3 Å². The highest BCUT2D eigenvalue weighted by atomic mass is 33.1. The fourth-order valence-electron chi connectivity index (χ4n) is 6.54. The second-order valence-electron chi connectivity index (χ2n) is 15.3. The van der Waals surface area contributed by atoms with Gasteiger partial charge < -0.3 is 65.1 Å². The SMILES string of the molecule is CSCC[C@@H]1NC(=O)[C@H](NC(C)=O)CSSC[C@@H](C(N)=O)NC(=O)CNC(=O)[C@H](CCCN)NC(=O)[C@H](CC(C)C)NC(=O)[C@H](CCCN=C(N)N)NC(=O)[C@@H]2CCCN2C1=O. The van der Waals surface area contributed by atoms with Crippen LogP contribution in [0.15, 0.2) is 4.99 Å². The fourth-order valence-corrected chi connectivity index (χ4v) is 9.35. The summed E-state index contributed by atoms with van der Waals surface area (Å²) in [6.45, 7) is 4.81. The lowest BCUT2D eigenvalue weighted by molar-refractivity contribution is -0.142. The van der Waals surface area contributed by atoms with Gasteiger partial charge in [0.25, 0.3) is 0 Å². The van der Waals surface area contributed by atoms with Crippen molar-refractivity contribution in [3.63, 3.8) is 0 Å². The molecule has 0 radical (unpaired) electrons. The number of primary amides is 1. The highest BCUT2D eigenvalue weighted by Gasteiger charge is 2.40. The molecule has 350 valence electrons. The molecule has 25 heteroatoms. The number of nitrogens with two attached hydrogens (primary N) is 4. The van der Waals surface area contributed by atoms with E-state index in [0.29, 0.717) is 18.6 Å². The lowest BCUT2D eigenvalue weighted by atomic mass is 10.0. The Bertz CT molecular complexity index is 1600. The molecule has 2 aliphatic rings. The minimum absolute atomic E-state index is 0.00960. The lowest BCUT2D eigenvalue weighted by Gasteiger charge is -2.31. The van der Waals surface area contributed by atoms with Crippen molar-refractivity contribution in [3.8, 4) is 0 Å². The van der Waals surface area contributed by atoms with E-state index >= 15 is 0 Å². The predicted octanol–water partition coefficient (Wildman–Crippen LogP) is -3.51. The number of rotatable bonds is 14. The summed E-state index contributed by atoms with van der Waals surface area (Å²) in [5.41, 5.74) is 22.3. The number of aliphatic imine (C=N–C) groups is 1. The van der Waals surface area contributed by atoms with Crippen molar-refractivity contribution in [2.45, 2.75) is 114 Å². The lowest BCUT2D eigenvalue weighted by Crippen LogP contribution is -2.59. The first-order chi connectivity index (χ1) is 29.4. The van der Waals surface area contributed by atoms with Crippen molar-refractivity contribution in [1.82, 2.24) is 42.1 Å². The number of carbonyl (C=O) groups is 9. The van der Waals surface area contributed by atoms with E-state index in [1.165, 1.54) is 23.6 Å². The summed E-state index contributed by atoms with van der Waals surface area (Å²) in [5, 5.41) is 18.5. The van der Waals surface area contributed by atoms with E-state index in [2.05, 4.69) is 42.2 Å². The van der Waals surface area contributed by atoms with Crippen molar-refractivity contribution in [3.05, 3.63) is 0 Å². The molecule has 15 N–H and O–H groups in total. The first-order valence-electron chi connectivity index (χ1n) is 20.5. The third kappa shape index (κ3) is 19.3. The van der Waals surface area contributed by atoms with Gasteiger partial charge in [-0.15, -0.1) is 0 Å². The first-order valence-corrected chi connectivity index (χ1v) is 24.4. The van der Waals surface area contributed by atoms with Gasteiger partial charge in [-0.25, -0.2) is 0 Å². The van der Waals surface area contributed by atoms with Gasteiger partial charge in [-0.1, -0.05) is 35.4 Å². The van der Waals surface area contributed by atoms with E-state index in [1.807, 2.05) is 20.1 Å². The zero-order valence-corrected chi connectivity index (χ0v) is 38.3. The zero-order valence-electron chi connectivity index (χ0n) is 35.8. The molecule has 22 nitrogen and oxygen atoms in total. The third-order valence-corrected chi connectivity index (χ3v) is 12.7. The summed E-state index contributed by atoms with van der Waals surface area (Å²) in [4.78, 5) is 126. The molecule has 0 spiro atoms. The standard InChI is InChI=1S/C37H65N13O9S3/c1-20(2)16-25-33(56)46-22(8-5-12-38)31(54)43-17-29(52)45-26(30(39)53)18-61-62-19-27(44-21(3)51)34(57)48-24(11-15-60-4)36(59)50-14-7-10-28(50)35(58)47-23(32(55)49-25)9-6-13-42-37(40)41/h20,22-28H,5-19,38H2,1-4H3,(H2,39,53)(H,43,54)(H,44,51)(H,45,52)(H,46,56)(H,47,58)(H,48,57)(H,49,55)(H4,40,41,42)/t22-,23-,24-,25-,26-,27+,28-/m0/s1. The summed E-state index contributed by atoms with van der Waals surface area (Å²) >= 11 is 1.44. The number of hydrogen-bond acceptors (Lipinski definition) is 14. The van der Waals surface area contributed by atoms with Crippen LogP contribution in [0.1, 0.15) is 72.1 Å². The maximum atomic E-state index is 14.2. The molecule has 0 aromatic heterocycles. The summed E-state index contributed by atoms with van der Waals surface area (Å²) in [5.74, 6) is -5.96. The Balaban J connectivity index is 2.59. The van der Waals surface area contributed by atoms with E-state index in [1.54, 1.807) is 0 Å². The minimum atomic E-state index is -1.21. The van der Waals surface area contributed by atoms with E-state index in [9.17, 15) is 43.2 Å². The minimum Gasteiger partial charge on any atom is -0.370 e. The fraction of sp³-hybridized carbons (Fsp3) is 0.730. The van der Waals surface area contributed by atoms with Crippen LogP contribution in [0.4, 0.5) is 0 Å². The van der Waals surface area contributed by atoms with Gasteiger partial charge in [0.2, 0.25) is 53.2 Å². The molecule has 9 amide bonds. The van der Waals surface area contributed by atoms with Crippen molar-refractivity contribution >= 4 is 92.5 Å². The number of nitrogens with zero attached hydrogens (tertiary/aromatic N) is 2. The number of carbonyl (C=O) groups excluding carboxylic acids is 9. The number of nitrogens with one attached hydrogen (secondary N) is 7. The molecular formula is C37H65N13O9S3. The molecule has 0 bridgehead atoms. The maximum Gasteiger partial charge on any atom is 0.245 e. The van der Waals surface area contributed by atoms with Crippen molar-refractivity contribution in [2.24, 2.45) is 33.8 Å². The van der Waals surface area contributed by atoms with Crippen LogP contribution in [0.25, 0.3) is 0 Å². The normalized spacial score (nSPS) is 25.6. The van der Waals surface area contributed by atoms with E-state index in [4.69, 9.17) is 22.9 Å². The van der Waals surface area contributed by atoms with Gasteiger partial charge in [-0.2, -0.15) is 11.8 Å². The van der Waals surface area contributed by atoms with Crippen LogP contribution in [-0.4, -0.2) is 156 Å². The summed E-state index contributed by atoms with van der Waals surface area (Å²) in [6, 6.07) is -7.94. The molecular weight excluding hydrogens is 867 g/mol. The summed E-state index contributed by atoms with van der Waals surface area (Å²) in [6.07, 6.45) is 3.59. The van der Waals surface area contributed by atoms with Gasteiger partial charge in [-0.05, 0) is 75.8 Å². The second kappa shape index (κ2) is 28.2. The summed E-state index contributed by atoms with van der Waals surface area (Å²) < 4.78 is 0. The number of fused-ring (bicyclic) bond motifs is 1. The van der Waals surface area contributed by atoms with Crippen LogP contribution in [0.3, 0.4) is 0 Å². The molecule has 0 aromatic rings. The Hall–Kier alpha value is -4.49. The molecule has 2 fully saturated rings. The van der Waals surface area contributed by atoms with Crippen molar-refractivity contribution in [2.75, 3.05) is 49.7 Å². The van der Waals surface area contributed by atoms with Gasteiger partial charge in [0.05, 0.1) is 6.54 Å². The maximum absolute atomic E-state index is 14.2. The Morgan fingerprint density at radius 2 is 1.44 bits per heavy atom. The molecule has 7 atom stereocenters. The topological polar surface area (TPSA) is 358 Å². The van der Waals surface area contributed by atoms with Crippen molar-refractivity contribution < 1.29 is 43.2 Å². The van der Waals surface area contributed by atoms with Crippen LogP contribution in [0.2, 0.25) is 0 Å². The number of amides is 9. The van der Waals surface area contributed by atoms with E-state index < -0.39 is 102 Å². The molecule has 2 aliphatic heterocycles. The molecule has 0 aromatic carbocycles. The average Bonchev–Trinajstić information content (AvgIpc) is 3.70. The molecule has 62 heavy (non-hydrogen) atoms. The smallest absolute Gasteiger partial charge is 0.245 e.